The number of nitrogens with one attached hydrogen (secondary N) is 2. The minimum Gasteiger partial charge on any atom is -0.444 e. The summed E-state index contributed by atoms with van der Waals surface area (Å²) in [4.78, 5) is 41.3. The molecule has 3 amide bonds. The van der Waals surface area contributed by atoms with E-state index in [1.54, 1.807) is 39.0 Å². The highest BCUT2D eigenvalue weighted by Crippen LogP contribution is 2.26. The van der Waals surface area contributed by atoms with Crippen molar-refractivity contribution in [3.05, 3.63) is 54.6 Å². The van der Waals surface area contributed by atoms with E-state index in [0.29, 0.717) is 12.0 Å². The van der Waals surface area contributed by atoms with E-state index in [1.165, 1.54) is 4.90 Å². The lowest BCUT2D eigenvalue weighted by molar-refractivity contribution is -0.143. The Kier molecular flexibility index (Phi) is 11.0. The zero-order valence-corrected chi connectivity index (χ0v) is 21.7. The predicted molar refractivity (Wildman–Crippen MR) is 137 cm³/mol. The van der Waals surface area contributed by atoms with Gasteiger partial charge in [-0.1, -0.05) is 57.2 Å². The number of hydrogen-bond acceptors (Lipinski definition) is 4. The first-order chi connectivity index (χ1) is 15.8. The third-order valence-corrected chi connectivity index (χ3v) is 5.21. The number of hydrogen-bond donors (Lipinski definition) is 2. The Hall–Kier alpha value is -3.09. The van der Waals surface area contributed by atoms with Crippen LogP contribution in [0, 0.1) is 5.92 Å². The zero-order valence-electron chi connectivity index (χ0n) is 21.7. The molecule has 3 unspecified atom stereocenters. The molecule has 0 spiro atoms. The first kappa shape index (κ1) is 28.9. The first-order valence-electron chi connectivity index (χ1n) is 11.8. The molecule has 0 radical (unpaired) electrons. The standard InChI is InChI=1S/C27H41N3O4/c1-10-16-30(25(32)22(19(6)11-2)29-26(33)34-27(7,8)9)23(24(31)28-18(4)5)21-15-13-14-20(12-3)17-21/h10,12-15,17-19,22-23H,1,3,11,16H2,2,4-9H3,(H,28,31)(H,29,33). The van der Waals surface area contributed by atoms with Crippen molar-refractivity contribution in [2.24, 2.45) is 5.92 Å². The summed E-state index contributed by atoms with van der Waals surface area (Å²) >= 11 is 0. The van der Waals surface area contributed by atoms with Crippen molar-refractivity contribution in [1.29, 1.82) is 0 Å². The van der Waals surface area contributed by atoms with Gasteiger partial charge in [-0.25, -0.2) is 4.79 Å². The summed E-state index contributed by atoms with van der Waals surface area (Å²) in [5.74, 6) is -0.889. The molecule has 0 aromatic heterocycles. The van der Waals surface area contributed by atoms with Crippen LogP contribution in [0.5, 0.6) is 0 Å². The van der Waals surface area contributed by atoms with Gasteiger partial charge in [0.05, 0.1) is 0 Å². The molecule has 188 valence electrons. The summed E-state index contributed by atoms with van der Waals surface area (Å²) in [6, 6.07) is 5.42. The topological polar surface area (TPSA) is 87.7 Å². The Balaban J connectivity index is 3.50. The minimum absolute atomic E-state index is 0.121. The van der Waals surface area contributed by atoms with E-state index in [2.05, 4.69) is 23.8 Å². The van der Waals surface area contributed by atoms with E-state index < -0.39 is 23.8 Å². The molecule has 0 bridgehead atoms. The van der Waals surface area contributed by atoms with Crippen LogP contribution in [0.25, 0.3) is 6.08 Å². The first-order valence-corrected chi connectivity index (χ1v) is 11.8. The lowest BCUT2D eigenvalue weighted by Crippen LogP contribution is -2.55. The van der Waals surface area contributed by atoms with Gasteiger partial charge in [0.1, 0.15) is 17.7 Å². The maximum atomic E-state index is 13.9. The van der Waals surface area contributed by atoms with Crippen LogP contribution in [0.1, 0.15) is 72.1 Å². The summed E-state index contributed by atoms with van der Waals surface area (Å²) in [6.07, 6.45) is 3.23. The highest BCUT2D eigenvalue weighted by atomic mass is 16.6. The molecule has 7 heteroatoms. The Labute approximate surface area is 204 Å². The van der Waals surface area contributed by atoms with Crippen LogP contribution >= 0.6 is 0 Å². The summed E-state index contributed by atoms with van der Waals surface area (Å²) < 4.78 is 5.40. The fraction of sp³-hybridized carbons (Fsp3) is 0.519. The van der Waals surface area contributed by atoms with E-state index in [9.17, 15) is 14.4 Å². The highest BCUT2D eigenvalue weighted by Gasteiger charge is 2.37. The van der Waals surface area contributed by atoms with Gasteiger partial charge in [0.25, 0.3) is 0 Å². The van der Waals surface area contributed by atoms with Crippen molar-refractivity contribution in [3.8, 4) is 0 Å². The van der Waals surface area contributed by atoms with Gasteiger partial charge in [-0.05, 0) is 57.7 Å². The van der Waals surface area contributed by atoms with Crippen molar-refractivity contribution >= 4 is 24.0 Å². The number of ether oxygens (including phenoxy) is 1. The van der Waals surface area contributed by atoms with Crippen LogP contribution in [0.3, 0.4) is 0 Å². The molecule has 3 atom stereocenters. The molecule has 0 fully saturated rings. The molecular weight excluding hydrogens is 430 g/mol. The van der Waals surface area contributed by atoms with Gasteiger partial charge in [0.15, 0.2) is 0 Å². The van der Waals surface area contributed by atoms with E-state index in [-0.39, 0.29) is 30.3 Å². The largest absolute Gasteiger partial charge is 0.444 e. The number of carbonyl (C=O) groups is 3. The third kappa shape index (κ3) is 8.69. The molecule has 34 heavy (non-hydrogen) atoms. The normalized spacial score (nSPS) is 13.9. The van der Waals surface area contributed by atoms with Crippen molar-refractivity contribution in [2.75, 3.05) is 6.54 Å². The second kappa shape index (κ2) is 13.0. The Morgan fingerprint density at radius 2 is 1.76 bits per heavy atom. The minimum atomic E-state index is -0.917. The van der Waals surface area contributed by atoms with E-state index in [4.69, 9.17) is 4.74 Å². The van der Waals surface area contributed by atoms with Gasteiger partial charge in [-0.15, -0.1) is 6.58 Å². The molecule has 0 aliphatic heterocycles. The molecule has 0 heterocycles. The van der Waals surface area contributed by atoms with Gasteiger partial charge in [-0.2, -0.15) is 0 Å². The van der Waals surface area contributed by atoms with Gasteiger partial charge in [-0.3, -0.25) is 9.59 Å². The lowest BCUT2D eigenvalue weighted by Gasteiger charge is -2.35. The molecule has 0 saturated heterocycles. The van der Waals surface area contributed by atoms with Gasteiger partial charge < -0.3 is 20.3 Å². The molecule has 0 saturated carbocycles. The molecule has 7 nitrogen and oxygen atoms in total. The second-order valence-electron chi connectivity index (χ2n) is 9.73. The Bertz CT molecular complexity index is 873. The molecule has 0 aliphatic carbocycles. The van der Waals surface area contributed by atoms with Crippen LogP contribution in [0.2, 0.25) is 0 Å². The van der Waals surface area contributed by atoms with Gasteiger partial charge >= 0.3 is 6.09 Å². The SMILES string of the molecule is C=CCN(C(=O)C(NC(=O)OC(C)(C)C)C(C)CC)C(C(=O)NC(C)C)c1cccc(C=C)c1. The van der Waals surface area contributed by atoms with Crippen LogP contribution in [-0.2, 0) is 14.3 Å². The number of nitrogens with zero attached hydrogens (tertiary/aromatic N) is 1. The maximum absolute atomic E-state index is 13.9. The smallest absolute Gasteiger partial charge is 0.408 e. The average molecular weight is 472 g/mol. The monoisotopic (exact) mass is 471 g/mol. The summed E-state index contributed by atoms with van der Waals surface area (Å²) in [5, 5.41) is 5.66. The summed E-state index contributed by atoms with van der Waals surface area (Å²) in [7, 11) is 0. The zero-order chi connectivity index (χ0) is 26.1. The number of amides is 3. The molecular formula is C27H41N3O4. The van der Waals surface area contributed by atoms with Crippen molar-refractivity contribution in [2.45, 2.75) is 78.6 Å². The average Bonchev–Trinajstić information content (AvgIpc) is 2.74. The quantitative estimate of drug-likeness (QED) is 0.452. The van der Waals surface area contributed by atoms with E-state index in [1.807, 2.05) is 45.9 Å². The van der Waals surface area contributed by atoms with Crippen LogP contribution in [0.4, 0.5) is 4.79 Å². The maximum Gasteiger partial charge on any atom is 0.408 e. The predicted octanol–water partition coefficient (Wildman–Crippen LogP) is 4.85. The lowest BCUT2D eigenvalue weighted by atomic mass is 9.95. The van der Waals surface area contributed by atoms with Gasteiger partial charge in [0, 0.05) is 12.6 Å². The van der Waals surface area contributed by atoms with Crippen LogP contribution in [0.15, 0.2) is 43.5 Å². The molecule has 1 aromatic carbocycles. The molecule has 2 N–H and O–H groups in total. The number of alkyl carbamates (subject to hydrolysis) is 1. The second-order valence-corrected chi connectivity index (χ2v) is 9.73. The third-order valence-electron chi connectivity index (χ3n) is 5.21. The van der Waals surface area contributed by atoms with Crippen LogP contribution < -0.4 is 10.6 Å². The van der Waals surface area contributed by atoms with Crippen molar-refractivity contribution in [3.63, 3.8) is 0 Å². The number of carbonyl (C=O) groups excluding carboxylic acids is 3. The fourth-order valence-corrected chi connectivity index (χ4v) is 3.45. The van der Waals surface area contributed by atoms with E-state index in [0.717, 1.165) is 5.56 Å². The number of rotatable bonds is 11. The van der Waals surface area contributed by atoms with Crippen molar-refractivity contribution in [1.82, 2.24) is 15.5 Å². The number of benzene rings is 1. The van der Waals surface area contributed by atoms with Crippen LogP contribution in [-0.4, -0.2) is 47.0 Å². The van der Waals surface area contributed by atoms with E-state index >= 15 is 0 Å². The summed E-state index contributed by atoms with van der Waals surface area (Å²) in [6.45, 7) is 20.5. The molecule has 1 rings (SSSR count). The summed E-state index contributed by atoms with van der Waals surface area (Å²) in [5.41, 5.74) is 0.765. The van der Waals surface area contributed by atoms with Crippen molar-refractivity contribution < 1.29 is 19.1 Å². The Morgan fingerprint density at radius 1 is 1.12 bits per heavy atom. The molecule has 0 aliphatic rings. The highest BCUT2D eigenvalue weighted by molar-refractivity contribution is 5.92. The molecule has 1 aromatic rings. The fourth-order valence-electron chi connectivity index (χ4n) is 3.45. The van der Waals surface area contributed by atoms with Gasteiger partial charge in [0.2, 0.25) is 11.8 Å². The Morgan fingerprint density at radius 3 is 2.26 bits per heavy atom.